The standard InChI is InChI=1S/C15H19BrN2O2/c1-4-12-8-13(18(3)17-12)9-20-15-6-5-11(16)7-14(15)10(2)19/h5-8,10,19H,4,9H2,1-3H3/t10-/m1/s1. The monoisotopic (exact) mass is 338 g/mol. The summed E-state index contributed by atoms with van der Waals surface area (Å²) in [5.74, 6) is 0.697. The second-order valence-corrected chi connectivity index (χ2v) is 5.67. The Hall–Kier alpha value is -1.33. The minimum atomic E-state index is -0.569. The van der Waals surface area contributed by atoms with Crippen molar-refractivity contribution in [3.8, 4) is 5.75 Å². The quantitative estimate of drug-likeness (QED) is 0.908. The number of aromatic nitrogens is 2. The van der Waals surface area contributed by atoms with Crippen LogP contribution in [0.15, 0.2) is 28.7 Å². The molecule has 1 aromatic carbocycles. The SMILES string of the molecule is CCc1cc(COc2ccc(Br)cc2[C@@H](C)O)n(C)n1. The lowest BCUT2D eigenvalue weighted by atomic mass is 10.1. The molecule has 0 spiro atoms. The van der Waals surface area contributed by atoms with Gasteiger partial charge in [0.2, 0.25) is 0 Å². The molecule has 20 heavy (non-hydrogen) atoms. The van der Waals surface area contributed by atoms with Gasteiger partial charge in [-0.2, -0.15) is 5.10 Å². The molecule has 4 nitrogen and oxygen atoms in total. The van der Waals surface area contributed by atoms with Crippen LogP contribution in [-0.2, 0) is 20.1 Å². The number of halogens is 1. The molecular weight excluding hydrogens is 320 g/mol. The van der Waals surface area contributed by atoms with Crippen molar-refractivity contribution in [3.05, 3.63) is 45.7 Å². The van der Waals surface area contributed by atoms with Crippen LogP contribution in [0.5, 0.6) is 5.75 Å². The number of aliphatic hydroxyl groups excluding tert-OH is 1. The highest BCUT2D eigenvalue weighted by Gasteiger charge is 2.11. The maximum absolute atomic E-state index is 9.80. The molecule has 0 aliphatic rings. The number of nitrogens with zero attached hydrogens (tertiary/aromatic N) is 2. The molecule has 0 saturated heterocycles. The lowest BCUT2D eigenvalue weighted by molar-refractivity contribution is 0.189. The minimum absolute atomic E-state index is 0.435. The first kappa shape index (κ1) is 15.1. The molecule has 108 valence electrons. The summed E-state index contributed by atoms with van der Waals surface area (Å²) in [6.45, 7) is 4.24. The van der Waals surface area contributed by atoms with E-state index in [1.165, 1.54) is 0 Å². The zero-order chi connectivity index (χ0) is 14.7. The average molecular weight is 339 g/mol. The largest absolute Gasteiger partial charge is 0.487 e. The molecule has 0 radical (unpaired) electrons. The molecule has 1 heterocycles. The Morgan fingerprint density at radius 1 is 1.40 bits per heavy atom. The van der Waals surface area contributed by atoms with Crippen molar-refractivity contribution in [2.75, 3.05) is 0 Å². The van der Waals surface area contributed by atoms with E-state index in [-0.39, 0.29) is 0 Å². The van der Waals surface area contributed by atoms with Crippen molar-refractivity contribution >= 4 is 15.9 Å². The molecule has 1 aromatic heterocycles. The van der Waals surface area contributed by atoms with E-state index < -0.39 is 6.10 Å². The Morgan fingerprint density at radius 3 is 2.75 bits per heavy atom. The minimum Gasteiger partial charge on any atom is -0.487 e. The van der Waals surface area contributed by atoms with E-state index in [1.807, 2.05) is 36.0 Å². The fourth-order valence-corrected chi connectivity index (χ4v) is 2.39. The zero-order valence-corrected chi connectivity index (χ0v) is 13.5. The van der Waals surface area contributed by atoms with Gasteiger partial charge in [0.05, 0.1) is 17.5 Å². The van der Waals surface area contributed by atoms with Crippen molar-refractivity contribution < 1.29 is 9.84 Å². The van der Waals surface area contributed by atoms with Crippen molar-refractivity contribution in [1.29, 1.82) is 0 Å². The van der Waals surface area contributed by atoms with Gasteiger partial charge in [0.15, 0.2) is 0 Å². The Bertz CT molecular complexity index is 594. The number of aryl methyl sites for hydroxylation is 2. The molecule has 0 aliphatic carbocycles. The first-order valence-corrected chi connectivity index (χ1v) is 7.42. The van der Waals surface area contributed by atoms with Gasteiger partial charge in [-0.25, -0.2) is 0 Å². The van der Waals surface area contributed by atoms with Crippen LogP contribution >= 0.6 is 15.9 Å². The predicted molar refractivity (Wildman–Crippen MR) is 81.7 cm³/mol. The van der Waals surface area contributed by atoms with Crippen molar-refractivity contribution in [2.45, 2.75) is 33.0 Å². The van der Waals surface area contributed by atoms with Gasteiger partial charge in [-0.1, -0.05) is 22.9 Å². The normalized spacial score (nSPS) is 12.4. The lowest BCUT2D eigenvalue weighted by Gasteiger charge is -2.14. The summed E-state index contributed by atoms with van der Waals surface area (Å²) in [6.07, 6.45) is 0.339. The summed E-state index contributed by atoms with van der Waals surface area (Å²) < 4.78 is 8.60. The highest BCUT2D eigenvalue weighted by atomic mass is 79.9. The van der Waals surface area contributed by atoms with E-state index in [2.05, 4.69) is 28.0 Å². The van der Waals surface area contributed by atoms with Crippen LogP contribution < -0.4 is 4.74 Å². The maximum Gasteiger partial charge on any atom is 0.130 e. The van der Waals surface area contributed by atoms with Gasteiger partial charge in [0.1, 0.15) is 12.4 Å². The molecule has 1 N–H and O–H groups in total. The second-order valence-electron chi connectivity index (χ2n) is 4.75. The maximum atomic E-state index is 9.80. The molecule has 2 rings (SSSR count). The van der Waals surface area contributed by atoms with E-state index in [4.69, 9.17) is 4.74 Å². The van der Waals surface area contributed by atoms with Gasteiger partial charge in [-0.3, -0.25) is 4.68 Å². The van der Waals surface area contributed by atoms with Crippen LogP contribution in [0.4, 0.5) is 0 Å². The Morgan fingerprint density at radius 2 is 2.15 bits per heavy atom. The molecule has 0 unspecified atom stereocenters. The van der Waals surface area contributed by atoms with E-state index >= 15 is 0 Å². The fraction of sp³-hybridized carbons (Fsp3) is 0.400. The van der Waals surface area contributed by atoms with Crippen LogP contribution in [-0.4, -0.2) is 14.9 Å². The van der Waals surface area contributed by atoms with Gasteiger partial charge in [0, 0.05) is 17.1 Å². The highest BCUT2D eigenvalue weighted by Crippen LogP contribution is 2.29. The van der Waals surface area contributed by atoms with E-state index in [0.717, 1.165) is 27.8 Å². The smallest absolute Gasteiger partial charge is 0.130 e. The van der Waals surface area contributed by atoms with Crippen LogP contribution in [0.25, 0.3) is 0 Å². The van der Waals surface area contributed by atoms with Crippen LogP contribution in [0, 0.1) is 0 Å². The van der Waals surface area contributed by atoms with Gasteiger partial charge >= 0.3 is 0 Å². The highest BCUT2D eigenvalue weighted by molar-refractivity contribution is 9.10. The molecule has 0 saturated carbocycles. The van der Waals surface area contributed by atoms with E-state index in [0.29, 0.717) is 12.4 Å². The van der Waals surface area contributed by atoms with Crippen molar-refractivity contribution in [3.63, 3.8) is 0 Å². The predicted octanol–water partition coefficient (Wildman–Crippen LogP) is 3.38. The molecule has 0 bridgehead atoms. The summed E-state index contributed by atoms with van der Waals surface area (Å²) in [4.78, 5) is 0. The summed E-state index contributed by atoms with van der Waals surface area (Å²) in [7, 11) is 1.91. The third-order valence-electron chi connectivity index (χ3n) is 3.19. The third kappa shape index (κ3) is 3.41. The van der Waals surface area contributed by atoms with Crippen LogP contribution in [0.1, 0.15) is 36.9 Å². The lowest BCUT2D eigenvalue weighted by Crippen LogP contribution is -2.05. The number of rotatable bonds is 5. The fourth-order valence-electron chi connectivity index (χ4n) is 2.01. The average Bonchev–Trinajstić information content (AvgIpc) is 2.78. The first-order valence-electron chi connectivity index (χ1n) is 6.63. The van der Waals surface area contributed by atoms with Gasteiger partial charge in [0.25, 0.3) is 0 Å². The number of benzene rings is 1. The van der Waals surface area contributed by atoms with Crippen molar-refractivity contribution in [2.24, 2.45) is 7.05 Å². The Balaban J connectivity index is 2.16. The van der Waals surface area contributed by atoms with Gasteiger partial charge in [-0.05, 0) is 37.6 Å². The zero-order valence-electron chi connectivity index (χ0n) is 11.9. The molecule has 0 aliphatic heterocycles. The molecule has 0 fully saturated rings. The number of ether oxygens (including phenoxy) is 1. The van der Waals surface area contributed by atoms with Crippen molar-refractivity contribution in [1.82, 2.24) is 9.78 Å². The summed E-state index contributed by atoms with van der Waals surface area (Å²) in [5, 5.41) is 14.2. The molecule has 0 amide bonds. The van der Waals surface area contributed by atoms with Gasteiger partial charge in [-0.15, -0.1) is 0 Å². The molecule has 5 heteroatoms. The summed E-state index contributed by atoms with van der Waals surface area (Å²) in [5.41, 5.74) is 2.84. The summed E-state index contributed by atoms with van der Waals surface area (Å²) in [6, 6.07) is 7.69. The molecular formula is C15H19BrN2O2. The molecule has 2 aromatic rings. The Labute approximate surface area is 127 Å². The van der Waals surface area contributed by atoms with E-state index in [9.17, 15) is 5.11 Å². The van der Waals surface area contributed by atoms with Gasteiger partial charge < -0.3 is 9.84 Å². The second kappa shape index (κ2) is 6.41. The van der Waals surface area contributed by atoms with Crippen LogP contribution in [0.3, 0.4) is 0 Å². The topological polar surface area (TPSA) is 47.3 Å². The number of hydrogen-bond acceptors (Lipinski definition) is 3. The third-order valence-corrected chi connectivity index (χ3v) is 3.68. The van der Waals surface area contributed by atoms with Crippen LogP contribution in [0.2, 0.25) is 0 Å². The summed E-state index contributed by atoms with van der Waals surface area (Å²) >= 11 is 3.40. The number of aliphatic hydroxyl groups is 1. The first-order chi connectivity index (χ1) is 9.51. The number of hydrogen-bond donors (Lipinski definition) is 1. The Kier molecular flexibility index (Phi) is 4.83. The van der Waals surface area contributed by atoms with E-state index in [1.54, 1.807) is 6.92 Å². The molecule has 1 atom stereocenters.